The van der Waals surface area contributed by atoms with Crippen LogP contribution in [0, 0.1) is 11.6 Å². The normalized spacial score (nSPS) is 12.7. The highest BCUT2D eigenvalue weighted by atomic mass is 19.1. The zero-order valence-electron chi connectivity index (χ0n) is 15.8. The second-order valence-electron chi connectivity index (χ2n) is 6.73. The Bertz CT molecular complexity index is 1100. The topological polar surface area (TPSA) is 56.6 Å². The van der Waals surface area contributed by atoms with E-state index in [-0.39, 0.29) is 29.7 Å². The number of halogens is 2. The van der Waals surface area contributed by atoms with E-state index in [1.54, 1.807) is 22.8 Å². The summed E-state index contributed by atoms with van der Waals surface area (Å²) in [6.07, 6.45) is 0.424. The van der Waals surface area contributed by atoms with Gasteiger partial charge >= 0.3 is 5.69 Å². The summed E-state index contributed by atoms with van der Waals surface area (Å²) >= 11 is 0. The van der Waals surface area contributed by atoms with Crippen molar-refractivity contribution in [2.24, 2.45) is 0 Å². The molecule has 0 amide bonds. The molecule has 2 aromatic carbocycles. The van der Waals surface area contributed by atoms with Crippen LogP contribution in [0.2, 0.25) is 0 Å². The number of rotatable bonds is 6. The van der Waals surface area contributed by atoms with E-state index in [0.717, 1.165) is 12.4 Å². The van der Waals surface area contributed by atoms with Crippen LogP contribution < -0.4 is 20.1 Å². The first-order chi connectivity index (χ1) is 14.0. The third-order valence-corrected chi connectivity index (χ3v) is 4.68. The molecule has 4 rings (SSSR count). The molecule has 0 N–H and O–H groups in total. The monoisotopic (exact) mass is 399 g/mol. The van der Waals surface area contributed by atoms with Crippen molar-refractivity contribution in [3.63, 3.8) is 0 Å². The van der Waals surface area contributed by atoms with Gasteiger partial charge in [0, 0.05) is 38.7 Å². The van der Waals surface area contributed by atoms with Crippen LogP contribution >= 0.6 is 0 Å². The van der Waals surface area contributed by atoms with Gasteiger partial charge in [-0.1, -0.05) is 12.1 Å². The van der Waals surface area contributed by atoms with Gasteiger partial charge in [-0.15, -0.1) is 0 Å². The predicted molar refractivity (Wildman–Crippen MR) is 104 cm³/mol. The van der Waals surface area contributed by atoms with Crippen molar-refractivity contribution in [2.45, 2.75) is 13.0 Å². The quantitative estimate of drug-likeness (QED) is 0.636. The van der Waals surface area contributed by atoms with Gasteiger partial charge in [-0.3, -0.25) is 4.57 Å². The maximum absolute atomic E-state index is 14.3. The fraction of sp³-hybridized carbons (Fsp3) is 0.238. The van der Waals surface area contributed by atoms with Gasteiger partial charge in [0.25, 0.3) is 0 Å². The molecule has 0 unspecified atom stereocenters. The summed E-state index contributed by atoms with van der Waals surface area (Å²) in [5, 5.41) is 0. The predicted octanol–water partition coefficient (Wildman–Crippen LogP) is 3.39. The van der Waals surface area contributed by atoms with Crippen molar-refractivity contribution >= 4 is 5.82 Å². The van der Waals surface area contributed by atoms with Gasteiger partial charge in [0.1, 0.15) is 17.4 Å². The molecule has 1 aliphatic rings. The van der Waals surface area contributed by atoms with E-state index in [4.69, 9.17) is 9.47 Å². The molecule has 8 heteroatoms. The van der Waals surface area contributed by atoms with Gasteiger partial charge in [0.15, 0.2) is 11.6 Å². The maximum Gasteiger partial charge on any atom is 0.352 e. The molecular weight excluding hydrogens is 380 g/mol. The molecule has 0 atom stereocenters. The van der Waals surface area contributed by atoms with Gasteiger partial charge < -0.3 is 14.4 Å². The minimum atomic E-state index is -0.553. The van der Waals surface area contributed by atoms with Crippen molar-refractivity contribution in [3.8, 4) is 17.4 Å². The van der Waals surface area contributed by atoms with E-state index in [1.807, 2.05) is 11.9 Å². The van der Waals surface area contributed by atoms with E-state index >= 15 is 0 Å². The highest BCUT2D eigenvalue weighted by molar-refractivity contribution is 5.44. The third kappa shape index (κ3) is 4.21. The zero-order valence-corrected chi connectivity index (χ0v) is 15.8. The molecule has 6 nitrogen and oxygen atoms in total. The number of likely N-dealkylation sites (N-methyl/N-ethyl adjacent to an activating group) is 1. The molecule has 150 valence electrons. The van der Waals surface area contributed by atoms with Crippen LogP contribution in [0.4, 0.5) is 14.6 Å². The Morgan fingerprint density at radius 2 is 1.97 bits per heavy atom. The van der Waals surface area contributed by atoms with Crippen molar-refractivity contribution in [1.82, 2.24) is 9.55 Å². The summed E-state index contributed by atoms with van der Waals surface area (Å²) in [4.78, 5) is 17.9. The van der Waals surface area contributed by atoms with Crippen molar-refractivity contribution in [3.05, 3.63) is 76.2 Å². The lowest BCUT2D eigenvalue weighted by atomic mass is 10.1. The van der Waals surface area contributed by atoms with Crippen LogP contribution in [0.15, 0.2) is 53.3 Å². The number of fused-ring (bicyclic) bond motifs is 1. The first-order valence-electron chi connectivity index (χ1n) is 9.17. The van der Waals surface area contributed by atoms with E-state index in [1.165, 1.54) is 30.3 Å². The second-order valence-corrected chi connectivity index (χ2v) is 6.73. The van der Waals surface area contributed by atoms with Crippen LogP contribution in [0.3, 0.4) is 0 Å². The fourth-order valence-electron chi connectivity index (χ4n) is 3.15. The van der Waals surface area contributed by atoms with Crippen LogP contribution in [0.5, 0.6) is 17.4 Å². The number of anilines is 1. The standard InChI is InChI=1S/C21H19F2N3O3/c1-25-8-9-26-20(25)13-19(24-21(26)27)28-10-7-14-5-6-18(17(23)11-14)29-16-4-2-3-15(22)12-16/h2-6,11-13H,7-10H2,1H3. The molecule has 0 spiro atoms. The molecule has 0 aliphatic carbocycles. The number of hydrogen-bond donors (Lipinski definition) is 0. The number of nitrogens with zero attached hydrogens (tertiary/aromatic N) is 3. The molecular formula is C21H19F2N3O3. The molecule has 0 saturated carbocycles. The van der Waals surface area contributed by atoms with Gasteiger partial charge in [0.2, 0.25) is 5.88 Å². The van der Waals surface area contributed by atoms with E-state index in [0.29, 0.717) is 18.5 Å². The second kappa shape index (κ2) is 7.90. The molecule has 0 bridgehead atoms. The third-order valence-electron chi connectivity index (χ3n) is 4.68. The van der Waals surface area contributed by atoms with E-state index < -0.39 is 11.6 Å². The van der Waals surface area contributed by atoms with E-state index in [2.05, 4.69) is 4.98 Å². The SMILES string of the molecule is CN1CCn2c1cc(OCCc1ccc(Oc3cccc(F)c3)c(F)c1)nc2=O. The summed E-state index contributed by atoms with van der Waals surface area (Å²) < 4.78 is 40.1. The summed E-state index contributed by atoms with van der Waals surface area (Å²) in [5.74, 6) is 0.243. The van der Waals surface area contributed by atoms with Crippen LogP contribution in [0.1, 0.15) is 5.56 Å². The zero-order chi connectivity index (χ0) is 20.4. The highest BCUT2D eigenvalue weighted by Crippen LogP contribution is 2.26. The minimum Gasteiger partial charge on any atom is -0.477 e. The Balaban J connectivity index is 1.38. The lowest BCUT2D eigenvalue weighted by molar-refractivity contribution is 0.307. The van der Waals surface area contributed by atoms with Crippen molar-refractivity contribution < 1.29 is 18.3 Å². The minimum absolute atomic E-state index is 0.0108. The Morgan fingerprint density at radius 3 is 2.76 bits per heavy atom. The van der Waals surface area contributed by atoms with Crippen LogP contribution in [-0.4, -0.2) is 29.8 Å². The van der Waals surface area contributed by atoms with Gasteiger partial charge in [0.05, 0.1) is 6.61 Å². The fourth-order valence-corrected chi connectivity index (χ4v) is 3.15. The summed E-state index contributed by atoms with van der Waals surface area (Å²) in [5.41, 5.74) is 0.357. The number of aromatic nitrogens is 2. The van der Waals surface area contributed by atoms with Gasteiger partial charge in [-0.2, -0.15) is 4.98 Å². The molecule has 0 radical (unpaired) electrons. The highest BCUT2D eigenvalue weighted by Gasteiger charge is 2.18. The largest absolute Gasteiger partial charge is 0.477 e. The molecule has 2 heterocycles. The summed E-state index contributed by atoms with van der Waals surface area (Å²) in [6, 6.07) is 11.8. The van der Waals surface area contributed by atoms with Crippen LogP contribution in [0.25, 0.3) is 0 Å². The molecule has 0 fully saturated rings. The van der Waals surface area contributed by atoms with Gasteiger partial charge in [-0.05, 0) is 29.8 Å². The Hall–Kier alpha value is -3.42. The molecule has 29 heavy (non-hydrogen) atoms. The molecule has 1 aromatic heterocycles. The lowest BCUT2D eigenvalue weighted by Gasteiger charge is -2.12. The lowest BCUT2D eigenvalue weighted by Crippen LogP contribution is -2.22. The van der Waals surface area contributed by atoms with Crippen LogP contribution in [-0.2, 0) is 13.0 Å². The molecule has 0 saturated heterocycles. The number of ether oxygens (including phenoxy) is 2. The first-order valence-corrected chi connectivity index (χ1v) is 9.17. The molecule has 1 aliphatic heterocycles. The Kier molecular flexibility index (Phi) is 5.16. The van der Waals surface area contributed by atoms with E-state index in [9.17, 15) is 13.6 Å². The van der Waals surface area contributed by atoms with Gasteiger partial charge in [-0.25, -0.2) is 13.6 Å². The first kappa shape index (κ1) is 18.9. The van der Waals surface area contributed by atoms with Crippen molar-refractivity contribution in [1.29, 1.82) is 0 Å². The number of hydrogen-bond acceptors (Lipinski definition) is 5. The summed E-state index contributed by atoms with van der Waals surface area (Å²) in [7, 11) is 1.90. The number of benzene rings is 2. The smallest absolute Gasteiger partial charge is 0.352 e. The van der Waals surface area contributed by atoms with Crippen molar-refractivity contribution in [2.75, 3.05) is 25.1 Å². The average molecular weight is 399 g/mol. The Morgan fingerprint density at radius 1 is 1.10 bits per heavy atom. The average Bonchev–Trinajstić information content (AvgIpc) is 3.06. The molecule has 3 aromatic rings. The maximum atomic E-state index is 14.3. The summed E-state index contributed by atoms with van der Waals surface area (Å²) in [6.45, 7) is 1.61. The Labute approximate surface area is 165 Å².